The van der Waals surface area contributed by atoms with Crippen LogP contribution in [0.4, 0.5) is 11.4 Å². The van der Waals surface area contributed by atoms with Gasteiger partial charge < -0.3 is 30.3 Å². The number of aliphatic hydroxyl groups excluding tert-OH is 1. The number of hydrogen-bond acceptors (Lipinski definition) is 6. The van der Waals surface area contributed by atoms with Crippen molar-refractivity contribution in [1.82, 2.24) is 10.2 Å². The van der Waals surface area contributed by atoms with Crippen molar-refractivity contribution in [3.05, 3.63) is 24.3 Å². The quantitative estimate of drug-likeness (QED) is 0.411. The second kappa shape index (κ2) is 9.83. The molecule has 0 radical (unpaired) electrons. The summed E-state index contributed by atoms with van der Waals surface area (Å²) in [6, 6.07) is 6.73. The highest BCUT2D eigenvalue weighted by atomic mass is 79.9. The number of likely N-dealkylation sites (tertiary alicyclic amines) is 1. The number of alkyl halides is 1. The highest BCUT2D eigenvalue weighted by molar-refractivity contribution is 9.09. The molecule has 0 saturated carbocycles. The van der Waals surface area contributed by atoms with Crippen LogP contribution in [0.2, 0.25) is 0 Å². The van der Waals surface area contributed by atoms with Gasteiger partial charge in [-0.15, -0.1) is 0 Å². The number of ether oxygens (including phenoxy) is 1. The zero-order valence-electron chi connectivity index (χ0n) is 19.8. The van der Waals surface area contributed by atoms with Crippen molar-refractivity contribution in [2.75, 3.05) is 43.5 Å². The molecule has 3 N–H and O–H groups in total. The average molecular weight is 537 g/mol. The van der Waals surface area contributed by atoms with Gasteiger partial charge in [-0.25, -0.2) is 0 Å². The first kappa shape index (κ1) is 24.9. The van der Waals surface area contributed by atoms with E-state index in [1.54, 1.807) is 7.05 Å². The first-order valence-electron chi connectivity index (χ1n) is 11.9. The van der Waals surface area contributed by atoms with Gasteiger partial charge in [0.1, 0.15) is 11.6 Å². The molecule has 3 aliphatic rings. The largest absolute Gasteiger partial charge is 0.396 e. The lowest BCUT2D eigenvalue weighted by Crippen LogP contribution is -2.54. The Hall–Kier alpha value is -2.17. The van der Waals surface area contributed by atoms with Gasteiger partial charge >= 0.3 is 0 Å². The molecule has 2 bridgehead atoms. The van der Waals surface area contributed by atoms with Crippen molar-refractivity contribution >= 4 is 45.0 Å². The molecular weight excluding hydrogens is 504 g/mol. The molecule has 3 saturated heterocycles. The van der Waals surface area contributed by atoms with E-state index in [9.17, 15) is 19.5 Å². The van der Waals surface area contributed by atoms with Crippen molar-refractivity contribution in [1.29, 1.82) is 0 Å². The Bertz CT molecular complexity index is 940. The summed E-state index contributed by atoms with van der Waals surface area (Å²) < 4.78 is 6.36. The molecule has 6 atom stereocenters. The fourth-order valence-corrected chi connectivity index (χ4v) is 6.88. The van der Waals surface area contributed by atoms with E-state index in [1.807, 2.05) is 24.3 Å². The summed E-state index contributed by atoms with van der Waals surface area (Å²) in [4.78, 5) is 43.5. The fraction of sp³-hybridized carbons (Fsp3) is 0.625. The van der Waals surface area contributed by atoms with Gasteiger partial charge in [-0.3, -0.25) is 14.4 Å². The molecule has 0 aliphatic carbocycles. The molecule has 3 unspecified atom stereocenters. The molecule has 9 nitrogen and oxygen atoms in total. The van der Waals surface area contributed by atoms with Crippen LogP contribution >= 0.6 is 15.9 Å². The molecule has 1 aromatic carbocycles. The minimum atomic E-state index is -1.09. The number of hydrogen-bond donors (Lipinski definition) is 3. The molecular formula is C24H33BrN4O5. The second-order valence-electron chi connectivity index (χ2n) is 9.09. The summed E-state index contributed by atoms with van der Waals surface area (Å²) in [6.45, 7) is 6.06. The van der Waals surface area contributed by atoms with Gasteiger partial charge in [0, 0.05) is 49.5 Å². The van der Waals surface area contributed by atoms with E-state index in [0.717, 1.165) is 18.8 Å². The highest BCUT2D eigenvalue weighted by Crippen LogP contribution is 2.60. The summed E-state index contributed by atoms with van der Waals surface area (Å²) in [7, 11) is 1.54. The minimum Gasteiger partial charge on any atom is -0.396 e. The first-order valence-corrected chi connectivity index (χ1v) is 12.8. The average Bonchev–Trinajstić information content (AvgIpc) is 3.42. The van der Waals surface area contributed by atoms with E-state index in [2.05, 4.69) is 45.3 Å². The molecule has 10 heteroatoms. The SMILES string of the molecule is CCN(CC)c1ccc(NC(=O)C2N(CCCO)C(=O)[C@@H]3[C@H](C(=O)NC)[C@H]4OC23CC4Br)cc1. The molecule has 186 valence electrons. The lowest BCUT2D eigenvalue weighted by Gasteiger charge is -2.34. The summed E-state index contributed by atoms with van der Waals surface area (Å²) >= 11 is 3.62. The third kappa shape index (κ3) is 3.89. The summed E-state index contributed by atoms with van der Waals surface area (Å²) in [5.74, 6) is -2.27. The molecule has 3 heterocycles. The Labute approximate surface area is 208 Å². The van der Waals surface area contributed by atoms with Gasteiger partial charge in [0.15, 0.2) is 0 Å². The molecule has 1 aromatic rings. The van der Waals surface area contributed by atoms with E-state index in [0.29, 0.717) is 18.5 Å². The molecule has 4 rings (SSSR count). The predicted molar refractivity (Wildman–Crippen MR) is 132 cm³/mol. The van der Waals surface area contributed by atoms with Gasteiger partial charge in [-0.2, -0.15) is 0 Å². The maximum Gasteiger partial charge on any atom is 0.250 e. The van der Waals surface area contributed by atoms with Gasteiger partial charge in [0.25, 0.3) is 0 Å². The molecule has 1 spiro atoms. The summed E-state index contributed by atoms with van der Waals surface area (Å²) in [5, 5.41) is 15.0. The van der Waals surface area contributed by atoms with Crippen molar-refractivity contribution in [3.8, 4) is 0 Å². The maximum atomic E-state index is 13.7. The van der Waals surface area contributed by atoms with E-state index in [4.69, 9.17) is 4.74 Å². The lowest BCUT2D eigenvalue weighted by molar-refractivity contribution is -0.140. The topological polar surface area (TPSA) is 111 Å². The Kier molecular flexibility index (Phi) is 7.21. The Morgan fingerprint density at radius 3 is 2.50 bits per heavy atom. The van der Waals surface area contributed by atoms with Crippen LogP contribution in [0.5, 0.6) is 0 Å². The number of benzene rings is 1. The number of halogens is 1. The normalized spacial score (nSPS) is 31.5. The number of carbonyl (C=O) groups is 3. The van der Waals surface area contributed by atoms with Crippen LogP contribution in [-0.4, -0.2) is 83.6 Å². The van der Waals surface area contributed by atoms with Crippen LogP contribution < -0.4 is 15.5 Å². The van der Waals surface area contributed by atoms with Crippen molar-refractivity contribution in [2.24, 2.45) is 11.8 Å². The highest BCUT2D eigenvalue weighted by Gasteiger charge is 2.76. The van der Waals surface area contributed by atoms with E-state index >= 15 is 0 Å². The molecule has 0 aromatic heterocycles. The van der Waals surface area contributed by atoms with Crippen LogP contribution in [-0.2, 0) is 19.1 Å². The Morgan fingerprint density at radius 2 is 1.91 bits per heavy atom. The standard InChI is InChI=1S/C24H33BrN4O5/c1-4-28(5-2)15-9-7-14(8-10-15)27-22(32)20-24-13-16(25)19(34-24)17(21(31)26-3)18(24)23(33)29(20)11-6-12-30/h7-10,16-20,30H,4-6,11-13H2,1-3H3,(H,26,31)(H,27,32)/t16?,17-,18-,19-,20?,24?/m0/s1. The number of nitrogens with zero attached hydrogens (tertiary/aromatic N) is 2. The fourth-order valence-electron chi connectivity index (χ4n) is 5.93. The maximum absolute atomic E-state index is 13.7. The number of amides is 3. The van der Waals surface area contributed by atoms with E-state index < -0.39 is 29.6 Å². The van der Waals surface area contributed by atoms with E-state index in [1.165, 1.54) is 4.90 Å². The van der Waals surface area contributed by atoms with Crippen LogP contribution in [0.25, 0.3) is 0 Å². The number of rotatable bonds is 9. The van der Waals surface area contributed by atoms with Crippen LogP contribution in [0.1, 0.15) is 26.7 Å². The third-order valence-electron chi connectivity index (χ3n) is 7.41. The zero-order chi connectivity index (χ0) is 24.6. The van der Waals surface area contributed by atoms with Crippen LogP contribution in [0.3, 0.4) is 0 Å². The van der Waals surface area contributed by atoms with Crippen molar-refractivity contribution < 1.29 is 24.2 Å². The minimum absolute atomic E-state index is 0.105. The van der Waals surface area contributed by atoms with Gasteiger partial charge in [-0.1, -0.05) is 15.9 Å². The monoisotopic (exact) mass is 536 g/mol. The second-order valence-corrected chi connectivity index (χ2v) is 10.3. The summed E-state index contributed by atoms with van der Waals surface area (Å²) in [6.07, 6.45) is 0.316. The Balaban J connectivity index is 1.64. The molecule has 3 amide bonds. The smallest absolute Gasteiger partial charge is 0.250 e. The van der Waals surface area contributed by atoms with Crippen LogP contribution in [0.15, 0.2) is 24.3 Å². The first-order chi connectivity index (χ1) is 16.3. The van der Waals surface area contributed by atoms with Crippen molar-refractivity contribution in [2.45, 2.75) is 49.3 Å². The number of carbonyl (C=O) groups excluding carboxylic acids is 3. The lowest BCUT2D eigenvalue weighted by atomic mass is 9.70. The summed E-state index contributed by atoms with van der Waals surface area (Å²) in [5.41, 5.74) is 0.602. The third-order valence-corrected chi connectivity index (χ3v) is 8.25. The van der Waals surface area contributed by atoms with Crippen molar-refractivity contribution in [3.63, 3.8) is 0 Å². The predicted octanol–water partition coefficient (Wildman–Crippen LogP) is 1.35. The number of anilines is 2. The van der Waals surface area contributed by atoms with Gasteiger partial charge in [-0.05, 0) is 51.0 Å². The number of nitrogens with one attached hydrogen (secondary N) is 2. The van der Waals surface area contributed by atoms with Crippen LogP contribution in [0, 0.1) is 11.8 Å². The molecule has 34 heavy (non-hydrogen) atoms. The van der Waals surface area contributed by atoms with Gasteiger partial charge in [0.2, 0.25) is 17.7 Å². The Morgan fingerprint density at radius 1 is 1.24 bits per heavy atom. The van der Waals surface area contributed by atoms with Gasteiger partial charge in [0.05, 0.1) is 17.9 Å². The number of aliphatic hydroxyl groups is 1. The molecule has 3 aliphatic heterocycles. The number of fused-ring (bicyclic) bond motifs is 1. The zero-order valence-corrected chi connectivity index (χ0v) is 21.4. The molecule has 3 fully saturated rings. The van der Waals surface area contributed by atoms with E-state index in [-0.39, 0.29) is 35.7 Å².